The van der Waals surface area contributed by atoms with E-state index in [9.17, 15) is 29.7 Å². The molecule has 0 aliphatic heterocycles. The Hall–Kier alpha value is -7.99. The second-order valence-corrected chi connectivity index (χ2v) is 15.4. The van der Waals surface area contributed by atoms with Crippen LogP contribution < -0.4 is 15.3 Å². The monoisotopic (exact) mass is 964 g/mol. The molecule has 0 saturated heterocycles. The van der Waals surface area contributed by atoms with Gasteiger partial charge in [-0.05, 0) is 50.1 Å². The van der Waals surface area contributed by atoms with Crippen LogP contribution >= 0.6 is 0 Å². The summed E-state index contributed by atoms with van der Waals surface area (Å²) in [7, 11) is 0. The average Bonchev–Trinajstić information content (AvgIpc) is 3.38. The third-order valence-electron chi connectivity index (χ3n) is 11.8. The van der Waals surface area contributed by atoms with Crippen LogP contribution in [0.2, 0.25) is 0 Å². The smallest absolute Gasteiger partial charge is 0.548 e. The van der Waals surface area contributed by atoms with Gasteiger partial charge in [-0.3, -0.25) is 0 Å². The van der Waals surface area contributed by atoms with Crippen molar-refractivity contribution >= 4 is 17.9 Å². The van der Waals surface area contributed by atoms with E-state index in [4.69, 9.17) is 0 Å². The number of hydrogen-bond acceptors (Lipinski definition) is 6. The van der Waals surface area contributed by atoms with Crippen molar-refractivity contribution in [3.8, 4) is 0 Å². The molecule has 67 heavy (non-hydrogen) atoms. The number of aliphatic carboxylic acids is 3. The summed E-state index contributed by atoms with van der Waals surface area (Å²) in [6.45, 7) is 0. The average molecular weight is 965 g/mol. The van der Waals surface area contributed by atoms with Gasteiger partial charge < -0.3 is 29.7 Å². The van der Waals surface area contributed by atoms with Crippen LogP contribution in [0.4, 0.5) is 0 Å². The van der Waals surface area contributed by atoms with E-state index in [1.807, 2.05) is 273 Å². The van der Waals surface area contributed by atoms with Gasteiger partial charge in [0.25, 0.3) is 0 Å². The van der Waals surface area contributed by atoms with Crippen LogP contribution in [0.15, 0.2) is 273 Å². The minimum absolute atomic E-state index is 0. The fourth-order valence-electron chi connectivity index (χ4n) is 8.75. The fraction of sp³-hybridized carbons (Fsp3) is 0.0500. The van der Waals surface area contributed by atoms with Crippen molar-refractivity contribution in [2.45, 2.75) is 16.2 Å². The number of carboxylic acids is 3. The van der Waals surface area contributed by atoms with Crippen LogP contribution in [0.1, 0.15) is 50.1 Å². The number of benzene rings is 9. The third-order valence-corrected chi connectivity index (χ3v) is 11.8. The molecule has 0 radical (unpaired) electrons. The fourth-order valence-corrected chi connectivity index (χ4v) is 8.75. The van der Waals surface area contributed by atoms with Crippen molar-refractivity contribution < 1.29 is 49.2 Å². The first-order valence-corrected chi connectivity index (χ1v) is 21.4. The van der Waals surface area contributed by atoms with Crippen LogP contribution in [0.5, 0.6) is 0 Å². The van der Waals surface area contributed by atoms with E-state index < -0.39 is 34.2 Å². The molecular weight excluding hydrogens is 920 g/mol. The normalized spacial score (nSPS) is 10.9. The quantitative estimate of drug-likeness (QED) is 0.0898. The molecule has 0 spiro atoms. The molecule has 0 aromatic heterocycles. The molecule has 9 rings (SSSR count). The largest absolute Gasteiger partial charge is 3.00 e. The molecule has 9 aromatic rings. The topological polar surface area (TPSA) is 120 Å². The molecule has 6 nitrogen and oxygen atoms in total. The molecular formula is C60H45O6Rh. The van der Waals surface area contributed by atoms with Gasteiger partial charge in [-0.2, -0.15) is 0 Å². The Kier molecular flexibility index (Phi) is 16.5. The van der Waals surface area contributed by atoms with Gasteiger partial charge in [0.1, 0.15) is 0 Å². The molecule has 0 heterocycles. The molecule has 0 aliphatic rings. The zero-order valence-electron chi connectivity index (χ0n) is 36.3. The van der Waals surface area contributed by atoms with E-state index in [-0.39, 0.29) is 19.5 Å². The summed E-state index contributed by atoms with van der Waals surface area (Å²) in [6, 6.07) is 83.0. The Labute approximate surface area is 404 Å². The number of rotatable bonds is 12. The van der Waals surface area contributed by atoms with Crippen LogP contribution in [-0.2, 0) is 50.1 Å². The standard InChI is InChI=1S/3C20H16O2.Rh/c3*21-19(22)20(16-10-4-1-5-11-16,17-12-6-2-7-13-17)18-14-8-3-9-15-18;/h3*1-15H,(H,21,22);/q;;;+3/p-3. The Balaban J connectivity index is 0.000000165. The number of carboxylic acid groups (broad SMARTS) is 3. The van der Waals surface area contributed by atoms with E-state index in [0.717, 1.165) is 0 Å². The maximum atomic E-state index is 12.3. The van der Waals surface area contributed by atoms with Crippen LogP contribution in [0.25, 0.3) is 0 Å². The van der Waals surface area contributed by atoms with Crippen LogP contribution in [-0.4, -0.2) is 17.9 Å². The third kappa shape index (κ3) is 9.84. The summed E-state index contributed by atoms with van der Waals surface area (Å²) in [6.07, 6.45) is 0. The SMILES string of the molecule is O=C([O-])C(c1ccccc1)(c1ccccc1)c1ccccc1.O=C([O-])C(c1ccccc1)(c1ccccc1)c1ccccc1.O=C([O-])C(c1ccccc1)(c1ccccc1)c1ccccc1.[Rh+3]. The summed E-state index contributed by atoms with van der Waals surface area (Å²) in [5.41, 5.74) is 2.24. The Morgan fingerprint density at radius 3 is 0.373 bits per heavy atom. The van der Waals surface area contributed by atoms with Gasteiger partial charge in [0, 0.05) is 0 Å². The van der Waals surface area contributed by atoms with Crippen molar-refractivity contribution in [2.75, 3.05) is 0 Å². The van der Waals surface area contributed by atoms with Gasteiger partial charge in [-0.25, -0.2) is 0 Å². The van der Waals surface area contributed by atoms with Crippen LogP contribution in [0, 0.1) is 0 Å². The molecule has 0 N–H and O–H groups in total. The zero-order chi connectivity index (χ0) is 46.2. The molecule has 0 saturated carbocycles. The van der Waals surface area contributed by atoms with Crippen molar-refractivity contribution in [3.63, 3.8) is 0 Å². The number of carbonyl (C=O) groups excluding carboxylic acids is 3. The summed E-state index contributed by atoms with van der Waals surface area (Å²) in [4.78, 5) is 36.9. The molecule has 0 amide bonds. The van der Waals surface area contributed by atoms with Gasteiger partial charge in [-0.1, -0.05) is 273 Å². The summed E-state index contributed by atoms with van der Waals surface area (Å²) >= 11 is 0. The molecule has 0 aliphatic carbocycles. The van der Waals surface area contributed by atoms with E-state index in [1.165, 1.54) is 0 Å². The Morgan fingerprint density at radius 2 is 0.299 bits per heavy atom. The van der Waals surface area contributed by atoms with Crippen molar-refractivity contribution in [1.29, 1.82) is 0 Å². The summed E-state index contributed by atoms with van der Waals surface area (Å²) in [5, 5.41) is 36.9. The number of hydrogen-bond donors (Lipinski definition) is 0. The molecule has 330 valence electrons. The second-order valence-electron chi connectivity index (χ2n) is 15.4. The minimum atomic E-state index is -1.32. The predicted octanol–water partition coefficient (Wildman–Crippen LogP) is 8.31. The first-order valence-electron chi connectivity index (χ1n) is 21.4. The molecule has 0 bridgehead atoms. The Bertz CT molecular complexity index is 2290. The molecule has 9 aromatic carbocycles. The molecule has 0 fully saturated rings. The zero-order valence-corrected chi connectivity index (χ0v) is 37.9. The predicted molar refractivity (Wildman–Crippen MR) is 253 cm³/mol. The second kappa shape index (κ2) is 22.8. The summed E-state index contributed by atoms with van der Waals surface area (Å²) < 4.78 is 0. The number of carbonyl (C=O) groups is 3. The van der Waals surface area contributed by atoms with Gasteiger partial charge >= 0.3 is 19.5 Å². The van der Waals surface area contributed by atoms with Gasteiger partial charge in [-0.15, -0.1) is 0 Å². The van der Waals surface area contributed by atoms with Crippen LogP contribution in [0.3, 0.4) is 0 Å². The minimum Gasteiger partial charge on any atom is -0.548 e. The first-order chi connectivity index (χ1) is 32.3. The van der Waals surface area contributed by atoms with Gasteiger partial charge in [0.2, 0.25) is 0 Å². The van der Waals surface area contributed by atoms with Crippen molar-refractivity contribution in [3.05, 3.63) is 323 Å². The van der Waals surface area contributed by atoms with E-state index in [1.54, 1.807) is 0 Å². The molecule has 7 heteroatoms. The van der Waals surface area contributed by atoms with E-state index in [2.05, 4.69) is 0 Å². The maximum absolute atomic E-state index is 12.3. The van der Waals surface area contributed by atoms with E-state index in [0.29, 0.717) is 50.1 Å². The summed E-state index contributed by atoms with van der Waals surface area (Å²) in [5.74, 6) is -3.39. The van der Waals surface area contributed by atoms with E-state index >= 15 is 0 Å². The molecule has 0 atom stereocenters. The Morgan fingerprint density at radius 1 is 0.209 bits per heavy atom. The van der Waals surface area contributed by atoms with Crippen molar-refractivity contribution in [2.24, 2.45) is 0 Å². The first kappa shape index (κ1) is 48.5. The van der Waals surface area contributed by atoms with Gasteiger partial charge in [0.05, 0.1) is 34.2 Å². The van der Waals surface area contributed by atoms with Gasteiger partial charge in [0.15, 0.2) is 0 Å². The molecule has 0 unspecified atom stereocenters. The maximum Gasteiger partial charge on any atom is 3.00 e. The van der Waals surface area contributed by atoms with Crippen molar-refractivity contribution in [1.82, 2.24) is 0 Å².